The molecule has 0 saturated carbocycles. The SMILES string of the molecule is CCC(C)c1ccccc1OCC(=O)N1CCN(c2ccncc2)CC1. The quantitative estimate of drug-likeness (QED) is 0.799. The Morgan fingerprint density at radius 3 is 2.50 bits per heavy atom. The number of anilines is 1. The van der Waals surface area contributed by atoms with Gasteiger partial charge in [0.05, 0.1) is 0 Å². The molecule has 1 aliphatic heterocycles. The van der Waals surface area contributed by atoms with Crippen LogP contribution in [0.5, 0.6) is 5.75 Å². The van der Waals surface area contributed by atoms with Crippen LogP contribution in [0.25, 0.3) is 0 Å². The van der Waals surface area contributed by atoms with E-state index in [0.29, 0.717) is 5.92 Å². The van der Waals surface area contributed by atoms with Crippen molar-refractivity contribution in [2.24, 2.45) is 0 Å². The van der Waals surface area contributed by atoms with E-state index in [1.165, 1.54) is 5.56 Å². The number of hydrogen-bond acceptors (Lipinski definition) is 4. The Bertz CT molecular complexity index is 712. The lowest BCUT2D eigenvalue weighted by Crippen LogP contribution is -2.50. The Morgan fingerprint density at radius 1 is 1.12 bits per heavy atom. The highest BCUT2D eigenvalue weighted by molar-refractivity contribution is 5.78. The number of para-hydroxylation sites is 1. The van der Waals surface area contributed by atoms with Crippen LogP contribution in [0.1, 0.15) is 31.7 Å². The molecule has 2 aromatic rings. The van der Waals surface area contributed by atoms with E-state index in [4.69, 9.17) is 4.74 Å². The Labute approximate surface area is 155 Å². The van der Waals surface area contributed by atoms with E-state index in [1.54, 1.807) is 12.4 Å². The first kappa shape index (κ1) is 18.2. The van der Waals surface area contributed by atoms with Crippen molar-refractivity contribution in [2.75, 3.05) is 37.7 Å². The van der Waals surface area contributed by atoms with Crippen LogP contribution < -0.4 is 9.64 Å². The molecule has 2 heterocycles. The van der Waals surface area contributed by atoms with Gasteiger partial charge in [-0.25, -0.2) is 0 Å². The highest BCUT2D eigenvalue weighted by atomic mass is 16.5. The molecule has 5 heteroatoms. The number of hydrogen-bond donors (Lipinski definition) is 0. The van der Waals surface area contributed by atoms with Crippen LogP contribution in [0.2, 0.25) is 0 Å². The number of ether oxygens (including phenoxy) is 1. The number of amides is 1. The minimum absolute atomic E-state index is 0.0540. The summed E-state index contributed by atoms with van der Waals surface area (Å²) < 4.78 is 5.87. The van der Waals surface area contributed by atoms with Crippen LogP contribution in [-0.4, -0.2) is 48.6 Å². The minimum Gasteiger partial charge on any atom is -0.483 e. The molecule has 0 spiro atoms. The maximum absolute atomic E-state index is 12.5. The number of carbonyl (C=O) groups excluding carboxylic acids is 1. The van der Waals surface area contributed by atoms with E-state index in [1.807, 2.05) is 35.2 Å². The molecule has 0 radical (unpaired) electrons. The molecule has 1 aliphatic rings. The standard InChI is InChI=1S/C21H27N3O2/c1-3-17(2)19-6-4-5-7-20(19)26-16-21(25)24-14-12-23(13-15-24)18-8-10-22-11-9-18/h4-11,17H,3,12-16H2,1-2H3. The molecular weight excluding hydrogens is 326 g/mol. The van der Waals surface area contributed by atoms with Crippen molar-refractivity contribution in [1.82, 2.24) is 9.88 Å². The zero-order valence-corrected chi connectivity index (χ0v) is 15.6. The van der Waals surface area contributed by atoms with Gasteiger partial charge in [0.15, 0.2) is 6.61 Å². The van der Waals surface area contributed by atoms with Crippen molar-refractivity contribution in [1.29, 1.82) is 0 Å². The van der Waals surface area contributed by atoms with Crippen molar-refractivity contribution in [3.63, 3.8) is 0 Å². The van der Waals surface area contributed by atoms with Crippen molar-refractivity contribution in [3.8, 4) is 5.75 Å². The molecule has 1 aromatic heterocycles. The smallest absolute Gasteiger partial charge is 0.260 e. The lowest BCUT2D eigenvalue weighted by Gasteiger charge is -2.36. The number of piperazine rings is 1. The third-order valence-electron chi connectivity index (χ3n) is 5.07. The number of rotatable bonds is 6. The Kier molecular flexibility index (Phi) is 6.10. The molecule has 138 valence electrons. The van der Waals surface area contributed by atoms with E-state index in [-0.39, 0.29) is 12.5 Å². The maximum atomic E-state index is 12.5. The summed E-state index contributed by atoms with van der Waals surface area (Å²) in [5, 5.41) is 0. The van der Waals surface area contributed by atoms with Gasteiger partial charge in [0.2, 0.25) is 0 Å². The molecule has 1 atom stereocenters. The average Bonchev–Trinajstić information content (AvgIpc) is 2.72. The zero-order chi connectivity index (χ0) is 18.4. The monoisotopic (exact) mass is 353 g/mol. The number of carbonyl (C=O) groups is 1. The summed E-state index contributed by atoms with van der Waals surface area (Å²) in [6.45, 7) is 7.55. The first-order chi connectivity index (χ1) is 12.7. The first-order valence-corrected chi connectivity index (χ1v) is 9.33. The molecule has 26 heavy (non-hydrogen) atoms. The number of aromatic nitrogens is 1. The van der Waals surface area contributed by atoms with Crippen molar-refractivity contribution in [3.05, 3.63) is 54.4 Å². The van der Waals surface area contributed by atoms with Gasteiger partial charge in [0, 0.05) is 44.3 Å². The topological polar surface area (TPSA) is 45.7 Å². The van der Waals surface area contributed by atoms with Crippen LogP contribution >= 0.6 is 0 Å². The molecule has 5 nitrogen and oxygen atoms in total. The van der Waals surface area contributed by atoms with Gasteiger partial charge in [-0.1, -0.05) is 32.0 Å². The normalized spacial score (nSPS) is 15.6. The van der Waals surface area contributed by atoms with E-state index in [2.05, 4.69) is 29.8 Å². The summed E-state index contributed by atoms with van der Waals surface area (Å²) in [7, 11) is 0. The van der Waals surface area contributed by atoms with Gasteiger partial charge < -0.3 is 14.5 Å². The van der Waals surface area contributed by atoms with E-state index >= 15 is 0 Å². The molecular formula is C21H27N3O2. The Hall–Kier alpha value is -2.56. The summed E-state index contributed by atoms with van der Waals surface area (Å²) in [4.78, 5) is 20.8. The summed E-state index contributed by atoms with van der Waals surface area (Å²) in [5.74, 6) is 1.30. The molecule has 0 aliphatic carbocycles. The maximum Gasteiger partial charge on any atom is 0.260 e. The van der Waals surface area contributed by atoms with Gasteiger partial charge in [0.25, 0.3) is 5.91 Å². The molecule has 3 rings (SSSR count). The fourth-order valence-corrected chi connectivity index (χ4v) is 3.24. The van der Waals surface area contributed by atoms with Gasteiger partial charge in [-0.3, -0.25) is 9.78 Å². The minimum atomic E-state index is 0.0540. The highest BCUT2D eigenvalue weighted by Crippen LogP contribution is 2.28. The predicted octanol–water partition coefficient (Wildman–Crippen LogP) is 3.32. The summed E-state index contributed by atoms with van der Waals surface area (Å²) >= 11 is 0. The number of benzene rings is 1. The average molecular weight is 353 g/mol. The van der Waals surface area contributed by atoms with Gasteiger partial charge >= 0.3 is 0 Å². The van der Waals surface area contributed by atoms with E-state index in [9.17, 15) is 4.79 Å². The van der Waals surface area contributed by atoms with Crippen LogP contribution in [0.15, 0.2) is 48.8 Å². The van der Waals surface area contributed by atoms with Crippen molar-refractivity contribution >= 4 is 11.6 Å². The predicted molar refractivity (Wildman–Crippen MR) is 104 cm³/mol. The van der Waals surface area contributed by atoms with Crippen LogP contribution in [0.3, 0.4) is 0 Å². The van der Waals surface area contributed by atoms with Crippen LogP contribution in [0, 0.1) is 0 Å². The summed E-state index contributed by atoms with van der Waals surface area (Å²) in [6, 6.07) is 12.0. The van der Waals surface area contributed by atoms with E-state index in [0.717, 1.165) is 44.0 Å². The van der Waals surface area contributed by atoms with Gasteiger partial charge in [-0.15, -0.1) is 0 Å². The number of nitrogens with zero attached hydrogens (tertiary/aromatic N) is 3. The highest BCUT2D eigenvalue weighted by Gasteiger charge is 2.22. The zero-order valence-electron chi connectivity index (χ0n) is 15.6. The lowest BCUT2D eigenvalue weighted by atomic mass is 9.98. The van der Waals surface area contributed by atoms with Gasteiger partial charge in [0.1, 0.15) is 5.75 Å². The van der Waals surface area contributed by atoms with Crippen molar-refractivity contribution < 1.29 is 9.53 Å². The Balaban J connectivity index is 1.52. The Morgan fingerprint density at radius 2 is 1.81 bits per heavy atom. The lowest BCUT2D eigenvalue weighted by molar-refractivity contribution is -0.133. The molecule has 0 N–H and O–H groups in total. The molecule has 1 aromatic carbocycles. The van der Waals surface area contributed by atoms with Gasteiger partial charge in [-0.05, 0) is 36.1 Å². The van der Waals surface area contributed by atoms with Crippen LogP contribution in [0.4, 0.5) is 5.69 Å². The van der Waals surface area contributed by atoms with Crippen LogP contribution in [-0.2, 0) is 4.79 Å². The molecule has 1 unspecified atom stereocenters. The second kappa shape index (κ2) is 8.70. The second-order valence-electron chi connectivity index (χ2n) is 6.71. The third kappa shape index (κ3) is 4.34. The summed E-state index contributed by atoms with van der Waals surface area (Å²) in [5.41, 5.74) is 2.33. The fourth-order valence-electron chi connectivity index (χ4n) is 3.24. The molecule has 1 saturated heterocycles. The third-order valence-corrected chi connectivity index (χ3v) is 5.07. The van der Waals surface area contributed by atoms with Crippen molar-refractivity contribution in [2.45, 2.75) is 26.2 Å². The fraction of sp³-hybridized carbons (Fsp3) is 0.429. The molecule has 1 fully saturated rings. The van der Waals surface area contributed by atoms with Gasteiger partial charge in [-0.2, -0.15) is 0 Å². The summed E-state index contributed by atoms with van der Waals surface area (Å²) in [6.07, 6.45) is 4.65. The number of pyridine rings is 1. The second-order valence-corrected chi connectivity index (χ2v) is 6.71. The molecule has 0 bridgehead atoms. The molecule has 1 amide bonds. The first-order valence-electron chi connectivity index (χ1n) is 9.33. The van der Waals surface area contributed by atoms with E-state index < -0.39 is 0 Å². The largest absolute Gasteiger partial charge is 0.483 e.